The summed E-state index contributed by atoms with van der Waals surface area (Å²) in [6.45, 7) is 4.53. The van der Waals surface area contributed by atoms with Crippen molar-refractivity contribution in [1.29, 1.82) is 0 Å². The Morgan fingerprint density at radius 1 is 1.21 bits per heavy atom. The Labute approximate surface area is 89.0 Å². The van der Waals surface area contributed by atoms with Crippen LogP contribution in [0, 0.1) is 0 Å². The largest absolute Gasteiger partial charge is 0.386 e. The van der Waals surface area contributed by atoms with Gasteiger partial charge < -0.3 is 5.32 Å². The Bertz CT molecular complexity index is 172. The van der Waals surface area contributed by atoms with Crippen LogP contribution in [0.3, 0.4) is 0 Å². The Kier molecular flexibility index (Phi) is 5.74. The Morgan fingerprint density at radius 3 is 2.64 bits per heavy atom. The third kappa shape index (κ3) is 4.17. The van der Waals surface area contributed by atoms with E-state index >= 15 is 0 Å². The lowest BCUT2D eigenvalue weighted by Crippen LogP contribution is -2.21. The van der Waals surface area contributed by atoms with Crippen LogP contribution >= 0.6 is 0 Å². The maximum atomic E-state index is 3.59. The fourth-order valence-corrected chi connectivity index (χ4v) is 2.03. The van der Waals surface area contributed by atoms with Crippen LogP contribution in [0.5, 0.6) is 0 Å². The van der Waals surface area contributed by atoms with Crippen LogP contribution in [0.25, 0.3) is 0 Å². The molecule has 0 radical (unpaired) electrons. The second kappa shape index (κ2) is 6.92. The molecule has 1 N–H and O–H groups in total. The molecule has 14 heavy (non-hydrogen) atoms. The van der Waals surface area contributed by atoms with Crippen molar-refractivity contribution in [2.45, 2.75) is 71.3 Å². The van der Waals surface area contributed by atoms with Crippen LogP contribution in [0.15, 0.2) is 11.8 Å². The Balaban J connectivity index is 1.97. The molecule has 0 aromatic carbocycles. The summed E-state index contributed by atoms with van der Waals surface area (Å²) in [4.78, 5) is 0. The van der Waals surface area contributed by atoms with Gasteiger partial charge in [-0.05, 0) is 25.7 Å². The van der Waals surface area contributed by atoms with E-state index in [1.807, 2.05) is 0 Å². The summed E-state index contributed by atoms with van der Waals surface area (Å²) in [7, 11) is 0. The van der Waals surface area contributed by atoms with Crippen LogP contribution in [0.1, 0.15) is 65.2 Å². The van der Waals surface area contributed by atoms with Gasteiger partial charge in [0.2, 0.25) is 0 Å². The highest BCUT2D eigenvalue weighted by Crippen LogP contribution is 2.17. The van der Waals surface area contributed by atoms with Crippen LogP contribution in [0.4, 0.5) is 0 Å². The highest BCUT2D eigenvalue weighted by Gasteiger charge is 2.12. The maximum Gasteiger partial charge on any atom is 0.0290 e. The van der Waals surface area contributed by atoms with Crippen LogP contribution in [-0.4, -0.2) is 6.04 Å². The van der Waals surface area contributed by atoms with E-state index < -0.39 is 0 Å². The Morgan fingerprint density at radius 2 is 2.00 bits per heavy atom. The van der Waals surface area contributed by atoms with Gasteiger partial charge in [0.15, 0.2) is 0 Å². The average Bonchev–Trinajstić information content (AvgIpc) is 2.65. The van der Waals surface area contributed by atoms with Gasteiger partial charge in [0, 0.05) is 11.7 Å². The summed E-state index contributed by atoms with van der Waals surface area (Å²) in [5.74, 6) is 0. The van der Waals surface area contributed by atoms with Crippen molar-refractivity contribution in [3.8, 4) is 0 Å². The third-order valence-corrected chi connectivity index (χ3v) is 3.08. The zero-order valence-corrected chi connectivity index (χ0v) is 9.81. The minimum atomic E-state index is 0.737. The first-order valence-electron chi connectivity index (χ1n) is 6.32. The standard InChI is InChI=1S/C13H25N/c1-3-5-6-7-8-9-13-11-10-12(4-2)14-13/h11-12,14H,3-10H2,1-2H3. The normalized spacial score (nSPS) is 20.7. The summed E-state index contributed by atoms with van der Waals surface area (Å²) in [6, 6.07) is 0.737. The Hall–Kier alpha value is -0.460. The van der Waals surface area contributed by atoms with Crippen LogP contribution in [-0.2, 0) is 0 Å². The SMILES string of the molecule is CCCCCCCC1=CCC(CC)N1. The second-order valence-corrected chi connectivity index (χ2v) is 4.38. The van der Waals surface area contributed by atoms with Gasteiger partial charge in [0.05, 0.1) is 0 Å². The highest BCUT2D eigenvalue weighted by molar-refractivity contribution is 5.08. The van der Waals surface area contributed by atoms with Crippen LogP contribution < -0.4 is 5.32 Å². The molecule has 0 spiro atoms. The number of allylic oxidation sites excluding steroid dienone is 1. The predicted octanol–water partition coefficient (Wildman–Crippen LogP) is 4.00. The molecule has 1 aliphatic heterocycles. The molecule has 0 saturated carbocycles. The maximum absolute atomic E-state index is 3.59. The molecule has 0 aromatic heterocycles. The molecular weight excluding hydrogens is 170 g/mol. The molecule has 0 bridgehead atoms. The van der Waals surface area contributed by atoms with E-state index in [9.17, 15) is 0 Å². The van der Waals surface area contributed by atoms with E-state index in [0.717, 1.165) is 6.04 Å². The van der Waals surface area contributed by atoms with Gasteiger partial charge in [-0.15, -0.1) is 0 Å². The van der Waals surface area contributed by atoms with E-state index in [2.05, 4.69) is 25.2 Å². The molecule has 1 rings (SSSR count). The average molecular weight is 195 g/mol. The van der Waals surface area contributed by atoms with Gasteiger partial charge in [-0.2, -0.15) is 0 Å². The molecule has 0 aromatic rings. The molecule has 0 saturated heterocycles. The van der Waals surface area contributed by atoms with E-state index in [-0.39, 0.29) is 0 Å². The van der Waals surface area contributed by atoms with Gasteiger partial charge in [0.1, 0.15) is 0 Å². The van der Waals surface area contributed by atoms with Crippen molar-refractivity contribution in [2.75, 3.05) is 0 Å². The molecule has 1 aliphatic rings. The predicted molar refractivity (Wildman–Crippen MR) is 63.3 cm³/mol. The lowest BCUT2D eigenvalue weighted by Gasteiger charge is -2.10. The summed E-state index contributed by atoms with van der Waals surface area (Å²) in [5, 5.41) is 3.59. The lowest BCUT2D eigenvalue weighted by atomic mass is 10.1. The smallest absolute Gasteiger partial charge is 0.0290 e. The second-order valence-electron chi connectivity index (χ2n) is 4.38. The summed E-state index contributed by atoms with van der Waals surface area (Å²) >= 11 is 0. The monoisotopic (exact) mass is 195 g/mol. The van der Waals surface area contributed by atoms with Crippen molar-refractivity contribution in [3.63, 3.8) is 0 Å². The van der Waals surface area contributed by atoms with Crippen molar-refractivity contribution in [2.24, 2.45) is 0 Å². The van der Waals surface area contributed by atoms with Crippen molar-refractivity contribution >= 4 is 0 Å². The van der Waals surface area contributed by atoms with Gasteiger partial charge >= 0.3 is 0 Å². The molecule has 1 heterocycles. The van der Waals surface area contributed by atoms with Crippen LogP contribution in [0.2, 0.25) is 0 Å². The molecular formula is C13H25N. The van der Waals surface area contributed by atoms with E-state index in [1.54, 1.807) is 0 Å². The van der Waals surface area contributed by atoms with Gasteiger partial charge in [0.25, 0.3) is 0 Å². The molecule has 0 aliphatic carbocycles. The number of hydrogen-bond acceptors (Lipinski definition) is 1. The van der Waals surface area contributed by atoms with Gasteiger partial charge in [-0.3, -0.25) is 0 Å². The minimum absolute atomic E-state index is 0.737. The van der Waals surface area contributed by atoms with Crippen molar-refractivity contribution < 1.29 is 0 Å². The fraction of sp³-hybridized carbons (Fsp3) is 0.846. The molecule has 0 fully saturated rings. The molecule has 1 atom stereocenters. The van der Waals surface area contributed by atoms with E-state index in [1.165, 1.54) is 57.1 Å². The molecule has 82 valence electrons. The molecule has 0 amide bonds. The molecule has 1 unspecified atom stereocenters. The number of nitrogens with one attached hydrogen (secondary N) is 1. The van der Waals surface area contributed by atoms with E-state index in [4.69, 9.17) is 0 Å². The summed E-state index contributed by atoms with van der Waals surface area (Å²) < 4.78 is 0. The first kappa shape index (κ1) is 11.6. The lowest BCUT2D eigenvalue weighted by molar-refractivity contribution is 0.566. The zero-order chi connectivity index (χ0) is 10.2. The summed E-state index contributed by atoms with van der Waals surface area (Å²) in [6.07, 6.45) is 13.1. The number of unbranched alkanes of at least 4 members (excludes halogenated alkanes) is 4. The number of rotatable bonds is 7. The first-order valence-corrected chi connectivity index (χ1v) is 6.32. The third-order valence-electron chi connectivity index (χ3n) is 3.08. The highest BCUT2D eigenvalue weighted by atomic mass is 14.9. The fourth-order valence-electron chi connectivity index (χ4n) is 2.03. The zero-order valence-electron chi connectivity index (χ0n) is 9.81. The van der Waals surface area contributed by atoms with Crippen molar-refractivity contribution in [1.82, 2.24) is 5.32 Å². The molecule has 1 nitrogen and oxygen atoms in total. The minimum Gasteiger partial charge on any atom is -0.386 e. The van der Waals surface area contributed by atoms with E-state index in [0.29, 0.717) is 0 Å². The topological polar surface area (TPSA) is 12.0 Å². The van der Waals surface area contributed by atoms with Crippen molar-refractivity contribution in [3.05, 3.63) is 11.8 Å². The van der Waals surface area contributed by atoms with Gasteiger partial charge in [-0.25, -0.2) is 0 Å². The number of hydrogen-bond donors (Lipinski definition) is 1. The quantitative estimate of drug-likeness (QED) is 0.605. The summed E-state index contributed by atoms with van der Waals surface area (Å²) in [5.41, 5.74) is 1.51. The molecule has 1 heteroatoms. The first-order chi connectivity index (χ1) is 6.86. The van der Waals surface area contributed by atoms with Gasteiger partial charge in [-0.1, -0.05) is 45.6 Å².